The Labute approximate surface area is 97.9 Å². The molecule has 0 saturated heterocycles. The van der Waals surface area contributed by atoms with E-state index >= 15 is 0 Å². The molecule has 0 aromatic carbocycles. The van der Waals surface area contributed by atoms with E-state index in [0.29, 0.717) is 5.41 Å². The summed E-state index contributed by atoms with van der Waals surface area (Å²) in [6, 6.07) is 4.40. The summed E-state index contributed by atoms with van der Waals surface area (Å²) >= 11 is 1.88. The molecule has 0 radical (unpaired) electrons. The topological polar surface area (TPSA) is 12.0 Å². The zero-order valence-corrected chi connectivity index (χ0v) is 11.0. The van der Waals surface area contributed by atoms with Crippen molar-refractivity contribution in [1.29, 1.82) is 0 Å². The van der Waals surface area contributed by atoms with Crippen molar-refractivity contribution >= 4 is 11.3 Å². The molecule has 1 atom stereocenters. The second-order valence-corrected chi connectivity index (χ2v) is 5.63. The first-order chi connectivity index (χ1) is 7.20. The van der Waals surface area contributed by atoms with Crippen LogP contribution in [-0.2, 0) is 6.42 Å². The third-order valence-corrected chi connectivity index (χ3v) is 3.89. The van der Waals surface area contributed by atoms with E-state index in [4.69, 9.17) is 0 Å². The Balaban J connectivity index is 2.44. The molecule has 0 aliphatic carbocycles. The van der Waals surface area contributed by atoms with Gasteiger partial charge in [-0.1, -0.05) is 26.8 Å². The highest BCUT2D eigenvalue weighted by atomic mass is 32.1. The molecule has 0 aliphatic rings. The van der Waals surface area contributed by atoms with Gasteiger partial charge in [-0.2, -0.15) is 0 Å². The summed E-state index contributed by atoms with van der Waals surface area (Å²) in [4.78, 5) is 1.51. The Morgan fingerprint density at radius 1 is 1.40 bits per heavy atom. The van der Waals surface area contributed by atoms with Crippen LogP contribution in [0.1, 0.15) is 38.5 Å². The molecule has 86 valence electrons. The second kappa shape index (κ2) is 6.29. The summed E-state index contributed by atoms with van der Waals surface area (Å²) in [6.45, 7) is 9.17. The molecule has 0 spiro atoms. The molecule has 2 heteroatoms. The van der Waals surface area contributed by atoms with E-state index in [1.165, 1.54) is 24.1 Å². The number of rotatable bonds is 7. The Morgan fingerprint density at radius 3 is 2.73 bits per heavy atom. The van der Waals surface area contributed by atoms with Gasteiger partial charge in [-0.3, -0.25) is 0 Å². The largest absolute Gasteiger partial charge is 0.316 e. The summed E-state index contributed by atoms with van der Waals surface area (Å²) in [5, 5.41) is 5.72. The van der Waals surface area contributed by atoms with E-state index in [9.17, 15) is 0 Å². The van der Waals surface area contributed by atoms with Crippen LogP contribution in [0.5, 0.6) is 0 Å². The predicted molar refractivity (Wildman–Crippen MR) is 69.6 cm³/mol. The first-order valence-electron chi connectivity index (χ1n) is 5.93. The Kier molecular flexibility index (Phi) is 5.34. The highest BCUT2D eigenvalue weighted by molar-refractivity contribution is 7.09. The standard InChI is InChI=1S/C13H23NS/c1-4-8-14-11-13(3,5-2)10-12-7-6-9-15-12/h6-7,9,14H,4-5,8,10-11H2,1-3H3. The zero-order valence-electron chi connectivity index (χ0n) is 10.2. The van der Waals surface area contributed by atoms with Crippen molar-refractivity contribution in [2.24, 2.45) is 5.41 Å². The van der Waals surface area contributed by atoms with E-state index in [2.05, 4.69) is 43.6 Å². The molecule has 1 unspecified atom stereocenters. The third-order valence-electron chi connectivity index (χ3n) is 3.01. The minimum atomic E-state index is 0.417. The SMILES string of the molecule is CCCNCC(C)(CC)Cc1cccs1. The third kappa shape index (κ3) is 4.35. The van der Waals surface area contributed by atoms with Crippen LogP contribution in [-0.4, -0.2) is 13.1 Å². The van der Waals surface area contributed by atoms with Gasteiger partial charge in [-0.15, -0.1) is 11.3 Å². The summed E-state index contributed by atoms with van der Waals surface area (Å²) < 4.78 is 0. The summed E-state index contributed by atoms with van der Waals surface area (Å²) in [5.74, 6) is 0. The van der Waals surface area contributed by atoms with Gasteiger partial charge in [-0.05, 0) is 42.7 Å². The van der Waals surface area contributed by atoms with Crippen LogP contribution in [0, 0.1) is 5.41 Å². The molecule has 1 N–H and O–H groups in total. The molecule has 0 amide bonds. The van der Waals surface area contributed by atoms with Crippen LogP contribution >= 0.6 is 11.3 Å². The Hall–Kier alpha value is -0.340. The van der Waals surface area contributed by atoms with Crippen molar-refractivity contribution in [3.63, 3.8) is 0 Å². The average Bonchev–Trinajstić information content (AvgIpc) is 2.71. The molecule has 0 saturated carbocycles. The van der Waals surface area contributed by atoms with Gasteiger partial charge in [-0.25, -0.2) is 0 Å². The van der Waals surface area contributed by atoms with Crippen LogP contribution in [0.15, 0.2) is 17.5 Å². The van der Waals surface area contributed by atoms with Crippen molar-refractivity contribution in [3.8, 4) is 0 Å². The fraction of sp³-hybridized carbons (Fsp3) is 0.692. The second-order valence-electron chi connectivity index (χ2n) is 4.60. The van der Waals surface area contributed by atoms with Crippen molar-refractivity contribution < 1.29 is 0 Å². The number of thiophene rings is 1. The smallest absolute Gasteiger partial charge is 0.00511 e. The minimum Gasteiger partial charge on any atom is -0.316 e. The summed E-state index contributed by atoms with van der Waals surface area (Å²) in [6.07, 6.45) is 3.66. The number of hydrogen-bond acceptors (Lipinski definition) is 2. The molecule has 1 rings (SSSR count). The molecular formula is C13H23NS. The highest BCUT2D eigenvalue weighted by Gasteiger charge is 2.22. The lowest BCUT2D eigenvalue weighted by molar-refractivity contribution is 0.293. The first kappa shape index (κ1) is 12.7. The van der Waals surface area contributed by atoms with Crippen LogP contribution in [0.4, 0.5) is 0 Å². The van der Waals surface area contributed by atoms with E-state index in [-0.39, 0.29) is 0 Å². The van der Waals surface area contributed by atoms with E-state index in [0.717, 1.165) is 13.1 Å². The maximum absolute atomic E-state index is 3.54. The van der Waals surface area contributed by atoms with Crippen molar-refractivity contribution in [2.75, 3.05) is 13.1 Å². The monoisotopic (exact) mass is 225 g/mol. The summed E-state index contributed by atoms with van der Waals surface area (Å²) in [5.41, 5.74) is 0.417. The molecule has 1 heterocycles. The van der Waals surface area contributed by atoms with Crippen LogP contribution in [0.2, 0.25) is 0 Å². The van der Waals surface area contributed by atoms with Gasteiger partial charge < -0.3 is 5.32 Å². The van der Waals surface area contributed by atoms with E-state index in [1.807, 2.05) is 11.3 Å². The fourth-order valence-electron chi connectivity index (χ4n) is 1.71. The maximum atomic E-state index is 3.54. The molecule has 1 nitrogen and oxygen atoms in total. The molecule has 0 fully saturated rings. The van der Waals surface area contributed by atoms with Crippen LogP contribution in [0.25, 0.3) is 0 Å². The fourth-order valence-corrected chi connectivity index (χ4v) is 2.63. The molecular weight excluding hydrogens is 202 g/mol. The first-order valence-corrected chi connectivity index (χ1v) is 6.81. The lowest BCUT2D eigenvalue weighted by atomic mass is 9.83. The predicted octanol–water partition coefficient (Wildman–Crippen LogP) is 3.71. The van der Waals surface area contributed by atoms with E-state index < -0.39 is 0 Å². The van der Waals surface area contributed by atoms with Crippen molar-refractivity contribution in [2.45, 2.75) is 40.0 Å². The molecule has 1 aromatic heterocycles. The van der Waals surface area contributed by atoms with Gasteiger partial charge in [0.15, 0.2) is 0 Å². The Bertz CT molecular complexity index is 256. The maximum Gasteiger partial charge on any atom is 0.00511 e. The van der Waals surface area contributed by atoms with Gasteiger partial charge >= 0.3 is 0 Å². The van der Waals surface area contributed by atoms with E-state index in [1.54, 1.807) is 0 Å². The lowest BCUT2D eigenvalue weighted by Gasteiger charge is -2.28. The molecule has 1 aromatic rings. The Morgan fingerprint density at radius 2 is 2.20 bits per heavy atom. The van der Waals surface area contributed by atoms with Crippen molar-refractivity contribution in [3.05, 3.63) is 22.4 Å². The average molecular weight is 225 g/mol. The van der Waals surface area contributed by atoms with Crippen molar-refractivity contribution in [1.82, 2.24) is 5.32 Å². The molecule has 0 bridgehead atoms. The molecule has 0 aliphatic heterocycles. The highest BCUT2D eigenvalue weighted by Crippen LogP contribution is 2.27. The van der Waals surface area contributed by atoms with Gasteiger partial charge in [0.25, 0.3) is 0 Å². The quantitative estimate of drug-likeness (QED) is 0.698. The normalized spacial score (nSPS) is 15.1. The number of nitrogens with one attached hydrogen (secondary N) is 1. The lowest BCUT2D eigenvalue weighted by Crippen LogP contribution is -2.33. The van der Waals surface area contributed by atoms with Crippen LogP contribution < -0.4 is 5.32 Å². The van der Waals surface area contributed by atoms with Gasteiger partial charge in [0.2, 0.25) is 0 Å². The summed E-state index contributed by atoms with van der Waals surface area (Å²) in [7, 11) is 0. The van der Waals surface area contributed by atoms with Gasteiger partial charge in [0.1, 0.15) is 0 Å². The molecule has 15 heavy (non-hydrogen) atoms. The number of hydrogen-bond donors (Lipinski definition) is 1. The van der Waals surface area contributed by atoms with Gasteiger partial charge in [0, 0.05) is 11.4 Å². The van der Waals surface area contributed by atoms with Crippen LogP contribution in [0.3, 0.4) is 0 Å². The zero-order chi connectivity index (χ0) is 11.1. The van der Waals surface area contributed by atoms with Gasteiger partial charge in [0.05, 0.1) is 0 Å². The minimum absolute atomic E-state index is 0.417.